The van der Waals surface area contributed by atoms with Crippen molar-refractivity contribution in [2.75, 3.05) is 0 Å². The van der Waals surface area contributed by atoms with E-state index in [1.165, 1.54) is 31.6 Å². The maximum atomic E-state index is 3.64. The third-order valence-corrected chi connectivity index (χ3v) is 8.54. The summed E-state index contributed by atoms with van der Waals surface area (Å²) in [7, 11) is -1.62. The first-order valence-electron chi connectivity index (χ1n) is 6.92. The summed E-state index contributed by atoms with van der Waals surface area (Å²) in [4.78, 5) is 0. The van der Waals surface area contributed by atoms with E-state index in [1.807, 2.05) is 0 Å². The first-order chi connectivity index (χ1) is 9.59. The van der Waals surface area contributed by atoms with Gasteiger partial charge in [0.2, 0.25) is 0 Å². The maximum Gasteiger partial charge on any atom is 0.113 e. The van der Waals surface area contributed by atoms with Gasteiger partial charge in [0, 0.05) is 4.47 Å². The summed E-state index contributed by atoms with van der Waals surface area (Å²) in [6.45, 7) is 4.92. The van der Waals surface area contributed by atoms with Crippen molar-refractivity contribution in [2.45, 2.75) is 13.1 Å². The molecule has 98 valence electrons. The molecule has 1 aliphatic heterocycles. The molecule has 0 N–H and O–H groups in total. The third kappa shape index (κ3) is 1.52. The van der Waals surface area contributed by atoms with E-state index < -0.39 is 8.07 Å². The van der Waals surface area contributed by atoms with Gasteiger partial charge in [0.15, 0.2) is 0 Å². The molecule has 3 aromatic carbocycles. The number of fused-ring (bicyclic) bond motifs is 2. The molecule has 0 bridgehead atoms. The summed E-state index contributed by atoms with van der Waals surface area (Å²) < 4.78 is 1.18. The highest BCUT2D eigenvalue weighted by Gasteiger charge is 2.35. The van der Waals surface area contributed by atoms with Gasteiger partial charge in [0.05, 0.1) is 0 Å². The van der Waals surface area contributed by atoms with Gasteiger partial charge in [-0.3, -0.25) is 0 Å². The van der Waals surface area contributed by atoms with E-state index in [4.69, 9.17) is 0 Å². The van der Waals surface area contributed by atoms with E-state index in [9.17, 15) is 0 Å². The first kappa shape index (κ1) is 12.4. The van der Waals surface area contributed by atoms with Crippen LogP contribution in [0.1, 0.15) is 0 Å². The summed E-state index contributed by atoms with van der Waals surface area (Å²) >= 11 is 3.64. The van der Waals surface area contributed by atoms with Crippen LogP contribution in [0.15, 0.2) is 59.1 Å². The SMILES string of the molecule is C[Si]1(C)c2cc(Br)ccc2-c2cccc3cccc1c23. The zero-order valence-corrected chi connectivity index (χ0v) is 14.2. The number of rotatable bonds is 0. The van der Waals surface area contributed by atoms with Crippen LogP contribution in [-0.4, -0.2) is 8.07 Å². The summed E-state index contributed by atoms with van der Waals surface area (Å²) in [5.41, 5.74) is 2.82. The van der Waals surface area contributed by atoms with E-state index >= 15 is 0 Å². The number of hydrogen-bond acceptors (Lipinski definition) is 0. The van der Waals surface area contributed by atoms with Crippen molar-refractivity contribution in [3.8, 4) is 11.1 Å². The Bertz CT molecular complexity index is 844. The molecule has 1 aliphatic rings. The Morgan fingerprint density at radius 2 is 1.55 bits per heavy atom. The summed E-state index contributed by atoms with van der Waals surface area (Å²) in [6.07, 6.45) is 0. The van der Waals surface area contributed by atoms with E-state index in [2.05, 4.69) is 83.6 Å². The molecule has 0 aliphatic carbocycles. The maximum absolute atomic E-state index is 3.64. The fraction of sp³-hybridized carbons (Fsp3) is 0.111. The van der Waals surface area contributed by atoms with Crippen molar-refractivity contribution in [2.24, 2.45) is 0 Å². The molecule has 0 atom stereocenters. The fourth-order valence-corrected chi connectivity index (χ4v) is 7.19. The van der Waals surface area contributed by atoms with Crippen LogP contribution in [0.2, 0.25) is 13.1 Å². The van der Waals surface area contributed by atoms with Gasteiger partial charge in [-0.2, -0.15) is 0 Å². The van der Waals surface area contributed by atoms with Crippen molar-refractivity contribution in [1.29, 1.82) is 0 Å². The molecule has 3 aromatic rings. The third-order valence-electron chi connectivity index (χ3n) is 4.52. The molecule has 0 nitrogen and oxygen atoms in total. The van der Waals surface area contributed by atoms with Crippen molar-refractivity contribution >= 4 is 45.1 Å². The average Bonchev–Trinajstić information content (AvgIpc) is 2.45. The molecule has 0 amide bonds. The predicted molar refractivity (Wildman–Crippen MR) is 93.8 cm³/mol. The highest BCUT2D eigenvalue weighted by Crippen LogP contribution is 2.34. The molecule has 20 heavy (non-hydrogen) atoms. The van der Waals surface area contributed by atoms with Gasteiger partial charge in [0.1, 0.15) is 8.07 Å². The Balaban J connectivity index is 2.25. The number of hydrogen-bond donors (Lipinski definition) is 0. The standard InChI is InChI=1S/C18H15BrSi/c1-20(2)16-8-4-6-12-5-3-7-15(18(12)16)14-10-9-13(19)11-17(14)20/h3-11H,1-2H3. The lowest BCUT2D eigenvalue weighted by molar-refractivity contribution is 1.60. The van der Waals surface area contributed by atoms with Gasteiger partial charge in [-0.25, -0.2) is 0 Å². The van der Waals surface area contributed by atoms with Crippen LogP contribution in [-0.2, 0) is 0 Å². The van der Waals surface area contributed by atoms with Crippen molar-refractivity contribution in [3.05, 3.63) is 59.1 Å². The van der Waals surface area contributed by atoms with Crippen molar-refractivity contribution in [1.82, 2.24) is 0 Å². The minimum atomic E-state index is -1.62. The molecule has 2 heteroatoms. The van der Waals surface area contributed by atoms with Gasteiger partial charge in [-0.05, 0) is 44.4 Å². The normalized spacial score (nSPS) is 15.2. The van der Waals surface area contributed by atoms with Gasteiger partial charge >= 0.3 is 0 Å². The molecular formula is C18H15BrSi. The van der Waals surface area contributed by atoms with E-state index in [1.54, 1.807) is 5.19 Å². The Morgan fingerprint density at radius 1 is 0.800 bits per heavy atom. The Labute approximate surface area is 128 Å². The zero-order chi connectivity index (χ0) is 13.9. The fourth-order valence-electron chi connectivity index (χ4n) is 3.50. The smallest absolute Gasteiger partial charge is 0.0619 e. The zero-order valence-electron chi connectivity index (χ0n) is 11.6. The van der Waals surface area contributed by atoms with Crippen molar-refractivity contribution in [3.63, 3.8) is 0 Å². The molecule has 0 unspecified atom stereocenters. The second kappa shape index (κ2) is 4.06. The molecule has 0 aromatic heterocycles. The Kier molecular flexibility index (Phi) is 2.51. The first-order valence-corrected chi connectivity index (χ1v) is 10.7. The van der Waals surface area contributed by atoms with E-state index in [-0.39, 0.29) is 0 Å². The van der Waals surface area contributed by atoms with Crippen LogP contribution in [0.25, 0.3) is 21.9 Å². The van der Waals surface area contributed by atoms with Crippen LogP contribution < -0.4 is 10.4 Å². The summed E-state index contributed by atoms with van der Waals surface area (Å²) in [6, 6.07) is 20.2. The highest BCUT2D eigenvalue weighted by atomic mass is 79.9. The largest absolute Gasteiger partial charge is 0.113 e. The van der Waals surface area contributed by atoms with Crippen LogP contribution >= 0.6 is 15.9 Å². The topological polar surface area (TPSA) is 0 Å². The number of halogens is 1. The van der Waals surface area contributed by atoms with Gasteiger partial charge in [-0.15, -0.1) is 0 Å². The molecular weight excluding hydrogens is 324 g/mol. The van der Waals surface area contributed by atoms with E-state index in [0.29, 0.717) is 0 Å². The highest BCUT2D eigenvalue weighted by molar-refractivity contribution is 9.10. The Morgan fingerprint density at radius 3 is 2.35 bits per heavy atom. The van der Waals surface area contributed by atoms with E-state index in [0.717, 1.165) is 0 Å². The lowest BCUT2D eigenvalue weighted by Crippen LogP contribution is -2.55. The van der Waals surface area contributed by atoms with Gasteiger partial charge in [0.25, 0.3) is 0 Å². The van der Waals surface area contributed by atoms with Crippen LogP contribution in [0.5, 0.6) is 0 Å². The summed E-state index contributed by atoms with van der Waals surface area (Å²) in [5, 5.41) is 5.95. The quantitative estimate of drug-likeness (QED) is 0.533. The Hall–Kier alpha value is -1.38. The second-order valence-electron chi connectivity index (χ2n) is 6.02. The van der Waals surface area contributed by atoms with Gasteiger partial charge in [-0.1, -0.05) is 71.5 Å². The number of benzene rings is 3. The average molecular weight is 339 g/mol. The van der Waals surface area contributed by atoms with Gasteiger partial charge < -0.3 is 0 Å². The van der Waals surface area contributed by atoms with Crippen LogP contribution in [0, 0.1) is 0 Å². The molecule has 1 heterocycles. The predicted octanol–water partition coefficient (Wildman–Crippen LogP) is 4.41. The molecule has 0 spiro atoms. The monoisotopic (exact) mass is 338 g/mol. The molecule has 0 radical (unpaired) electrons. The molecule has 0 saturated heterocycles. The lowest BCUT2D eigenvalue weighted by atomic mass is 9.97. The summed E-state index contributed by atoms with van der Waals surface area (Å²) in [5.74, 6) is 0. The second-order valence-corrected chi connectivity index (χ2v) is 11.3. The minimum Gasteiger partial charge on any atom is -0.0619 e. The molecule has 4 rings (SSSR count). The van der Waals surface area contributed by atoms with Crippen LogP contribution in [0.3, 0.4) is 0 Å². The molecule has 0 fully saturated rings. The van der Waals surface area contributed by atoms with Crippen molar-refractivity contribution < 1.29 is 0 Å². The minimum absolute atomic E-state index is 1.18. The van der Waals surface area contributed by atoms with Crippen LogP contribution in [0.4, 0.5) is 0 Å². The lowest BCUT2D eigenvalue weighted by Gasteiger charge is -2.33. The molecule has 0 saturated carbocycles.